The third-order valence-corrected chi connectivity index (χ3v) is 2.11. The molecule has 0 saturated carbocycles. The van der Waals surface area contributed by atoms with Crippen molar-refractivity contribution < 1.29 is 29.7 Å². The van der Waals surface area contributed by atoms with Gasteiger partial charge >= 0.3 is 17.9 Å². The predicted octanol–water partition coefficient (Wildman–Crippen LogP) is 2.48. The number of unbranched alkanes of at least 4 members (excludes halogenated alkanes) is 1. The summed E-state index contributed by atoms with van der Waals surface area (Å²) in [6, 6.07) is 0. The quantitative estimate of drug-likeness (QED) is 0.510. The predicted molar refractivity (Wildman–Crippen MR) is 74.5 cm³/mol. The lowest BCUT2D eigenvalue weighted by atomic mass is 10.1. The first-order chi connectivity index (χ1) is 9.09. The smallest absolute Gasteiger partial charge is 0.330 e. The largest absolute Gasteiger partial charge is 0.478 e. The molecule has 0 aliphatic heterocycles. The fourth-order valence-electron chi connectivity index (χ4n) is 0.774. The highest BCUT2D eigenvalue weighted by atomic mass is 16.4. The molecular formula is C14H20O6. The molecule has 0 aromatic heterocycles. The molecule has 0 fully saturated rings. The van der Waals surface area contributed by atoms with Crippen LogP contribution in [-0.4, -0.2) is 33.2 Å². The number of carbonyl (C=O) groups is 3. The lowest BCUT2D eigenvalue weighted by molar-refractivity contribution is -0.133. The highest BCUT2D eigenvalue weighted by Crippen LogP contribution is 2.02. The van der Waals surface area contributed by atoms with Gasteiger partial charge in [-0.3, -0.25) is 0 Å². The Labute approximate surface area is 117 Å². The lowest BCUT2D eigenvalue weighted by Crippen LogP contribution is -1.96. The van der Waals surface area contributed by atoms with Crippen molar-refractivity contribution >= 4 is 17.9 Å². The molecule has 6 nitrogen and oxygen atoms in total. The van der Waals surface area contributed by atoms with E-state index >= 15 is 0 Å². The van der Waals surface area contributed by atoms with Gasteiger partial charge in [-0.15, -0.1) is 0 Å². The van der Waals surface area contributed by atoms with Crippen molar-refractivity contribution in [1.29, 1.82) is 0 Å². The summed E-state index contributed by atoms with van der Waals surface area (Å²) in [5.74, 6) is -2.82. The van der Waals surface area contributed by atoms with Gasteiger partial charge in [0.05, 0.1) is 0 Å². The maximum atomic E-state index is 10.4. The third-order valence-electron chi connectivity index (χ3n) is 2.11. The van der Waals surface area contributed by atoms with Gasteiger partial charge in [0.15, 0.2) is 0 Å². The van der Waals surface area contributed by atoms with Crippen molar-refractivity contribution in [2.75, 3.05) is 0 Å². The fourth-order valence-corrected chi connectivity index (χ4v) is 0.774. The summed E-state index contributed by atoms with van der Waals surface area (Å²) in [6.07, 6.45) is 4.24. The van der Waals surface area contributed by atoms with Crippen LogP contribution in [0.15, 0.2) is 35.5 Å². The molecule has 0 spiro atoms. The first-order valence-electron chi connectivity index (χ1n) is 5.78. The summed E-state index contributed by atoms with van der Waals surface area (Å²) >= 11 is 0. The van der Waals surface area contributed by atoms with Gasteiger partial charge in [-0.2, -0.15) is 0 Å². The van der Waals surface area contributed by atoms with Crippen molar-refractivity contribution in [2.24, 2.45) is 0 Å². The van der Waals surface area contributed by atoms with Crippen LogP contribution < -0.4 is 0 Å². The maximum Gasteiger partial charge on any atom is 0.330 e. The number of rotatable bonds is 6. The van der Waals surface area contributed by atoms with Gasteiger partial charge in [-0.25, -0.2) is 14.4 Å². The topological polar surface area (TPSA) is 112 Å². The van der Waals surface area contributed by atoms with Gasteiger partial charge in [-0.1, -0.05) is 18.7 Å². The summed E-state index contributed by atoms with van der Waals surface area (Å²) < 4.78 is 0. The Bertz CT molecular complexity index is 401. The van der Waals surface area contributed by atoms with E-state index in [0.717, 1.165) is 0 Å². The highest BCUT2D eigenvalue weighted by Gasteiger charge is 1.99. The summed E-state index contributed by atoms with van der Waals surface area (Å²) in [5, 5.41) is 24.9. The summed E-state index contributed by atoms with van der Waals surface area (Å²) in [4.78, 5) is 30.3. The van der Waals surface area contributed by atoms with E-state index in [1.807, 2.05) is 0 Å². The molecule has 0 saturated heterocycles. The molecule has 6 heteroatoms. The second-order valence-corrected chi connectivity index (χ2v) is 4.05. The molecule has 0 heterocycles. The van der Waals surface area contributed by atoms with Crippen molar-refractivity contribution in [3.05, 3.63) is 35.5 Å². The van der Waals surface area contributed by atoms with Crippen LogP contribution in [0.3, 0.4) is 0 Å². The van der Waals surface area contributed by atoms with Gasteiger partial charge in [0.1, 0.15) is 0 Å². The number of carboxylic acid groups (broad SMARTS) is 3. The normalized spacial score (nSPS) is 11.2. The van der Waals surface area contributed by atoms with Crippen LogP contribution in [0.4, 0.5) is 0 Å². The summed E-state index contributed by atoms with van der Waals surface area (Å²) in [5.41, 5.74) is 0.743. The summed E-state index contributed by atoms with van der Waals surface area (Å²) in [7, 11) is 0. The molecule has 0 aliphatic carbocycles. The molecule has 0 aliphatic rings. The van der Waals surface area contributed by atoms with Crippen LogP contribution in [0.25, 0.3) is 0 Å². The molecule has 0 amide bonds. The van der Waals surface area contributed by atoms with Crippen LogP contribution in [0.5, 0.6) is 0 Å². The fraction of sp³-hybridized carbons (Fsp3) is 0.357. The van der Waals surface area contributed by atoms with Crippen LogP contribution >= 0.6 is 0 Å². The molecular weight excluding hydrogens is 264 g/mol. The van der Waals surface area contributed by atoms with Crippen LogP contribution in [0.2, 0.25) is 0 Å². The average Bonchev–Trinajstić information content (AvgIpc) is 2.34. The first kappa shape index (κ1) is 20.0. The number of carboxylic acids is 3. The zero-order valence-electron chi connectivity index (χ0n) is 11.8. The van der Waals surface area contributed by atoms with Crippen LogP contribution in [-0.2, 0) is 14.4 Å². The monoisotopic (exact) mass is 284 g/mol. The van der Waals surface area contributed by atoms with Gasteiger partial charge in [-0.05, 0) is 33.6 Å². The molecule has 20 heavy (non-hydrogen) atoms. The molecule has 0 rings (SSSR count). The number of aliphatic carboxylic acids is 3. The van der Waals surface area contributed by atoms with Gasteiger partial charge in [0.25, 0.3) is 0 Å². The van der Waals surface area contributed by atoms with Crippen molar-refractivity contribution in [1.82, 2.24) is 0 Å². The first-order valence-corrected chi connectivity index (χ1v) is 5.78. The molecule has 0 aromatic rings. The Hall–Kier alpha value is -2.37. The Morgan fingerprint density at radius 3 is 1.20 bits per heavy atom. The van der Waals surface area contributed by atoms with Crippen molar-refractivity contribution in [3.63, 3.8) is 0 Å². The van der Waals surface area contributed by atoms with E-state index in [1.165, 1.54) is 20.8 Å². The van der Waals surface area contributed by atoms with E-state index < -0.39 is 17.9 Å². The Kier molecular flexibility index (Phi) is 10.5. The second kappa shape index (κ2) is 10.5. The van der Waals surface area contributed by atoms with E-state index in [1.54, 1.807) is 12.2 Å². The zero-order chi connectivity index (χ0) is 16.3. The molecule has 0 atom stereocenters. The van der Waals surface area contributed by atoms with E-state index in [-0.39, 0.29) is 16.7 Å². The third kappa shape index (κ3) is 12.1. The van der Waals surface area contributed by atoms with E-state index in [0.29, 0.717) is 12.8 Å². The van der Waals surface area contributed by atoms with Crippen molar-refractivity contribution in [3.8, 4) is 0 Å². The SMILES string of the molecule is C=C(C)C(=O)O.CC(=CCCC=C(C)C(=O)O)C(=O)O. The minimum atomic E-state index is -0.941. The Balaban J connectivity index is 0. The Morgan fingerprint density at radius 2 is 1.05 bits per heavy atom. The molecule has 0 bridgehead atoms. The lowest BCUT2D eigenvalue weighted by Gasteiger charge is -1.93. The van der Waals surface area contributed by atoms with E-state index in [9.17, 15) is 14.4 Å². The number of hydrogen-bond acceptors (Lipinski definition) is 3. The van der Waals surface area contributed by atoms with E-state index in [4.69, 9.17) is 15.3 Å². The molecule has 0 radical (unpaired) electrons. The van der Waals surface area contributed by atoms with Crippen LogP contribution in [0.1, 0.15) is 33.6 Å². The highest BCUT2D eigenvalue weighted by molar-refractivity contribution is 5.86. The standard InChI is InChI=1S/C10H14O4.C4H6O2/c1-7(9(11)12)5-3-4-6-8(2)10(13)14;1-3(2)4(5)6/h5-6H,3-4H2,1-2H3,(H,11,12)(H,13,14);1H2,2H3,(H,5,6). The average molecular weight is 284 g/mol. The minimum absolute atomic E-state index is 0.176. The van der Waals surface area contributed by atoms with Gasteiger partial charge in [0.2, 0.25) is 0 Å². The van der Waals surface area contributed by atoms with Gasteiger partial charge < -0.3 is 15.3 Å². The maximum absolute atomic E-state index is 10.4. The number of allylic oxidation sites excluding steroid dienone is 2. The molecule has 112 valence electrons. The number of hydrogen-bond donors (Lipinski definition) is 3. The minimum Gasteiger partial charge on any atom is -0.478 e. The van der Waals surface area contributed by atoms with Crippen LogP contribution in [0, 0.1) is 0 Å². The summed E-state index contributed by atoms with van der Waals surface area (Å²) in [6.45, 7) is 7.62. The van der Waals surface area contributed by atoms with Crippen molar-refractivity contribution in [2.45, 2.75) is 33.6 Å². The molecule has 3 N–H and O–H groups in total. The molecule has 0 aromatic carbocycles. The molecule has 0 unspecified atom stereocenters. The van der Waals surface area contributed by atoms with E-state index in [2.05, 4.69) is 6.58 Å². The van der Waals surface area contributed by atoms with Gasteiger partial charge in [0, 0.05) is 16.7 Å². The second-order valence-electron chi connectivity index (χ2n) is 4.05. The Morgan fingerprint density at radius 1 is 0.800 bits per heavy atom. The zero-order valence-corrected chi connectivity index (χ0v) is 11.8.